The van der Waals surface area contributed by atoms with Gasteiger partial charge in [-0.15, -0.1) is 0 Å². The van der Waals surface area contributed by atoms with Gasteiger partial charge in [-0.1, -0.05) is 150 Å². The maximum absolute atomic E-state index is 2.88. The summed E-state index contributed by atoms with van der Waals surface area (Å²) in [7, 11) is 0. The number of rotatable bonds is 11. The number of hydrogen-bond acceptors (Lipinski definition) is 0. The quantitative estimate of drug-likeness (QED) is 0.212. The van der Waals surface area contributed by atoms with Crippen molar-refractivity contribution in [3.05, 3.63) is 0 Å². The fourth-order valence-electron chi connectivity index (χ4n) is 14.9. The van der Waals surface area contributed by atoms with E-state index in [9.17, 15) is 0 Å². The third-order valence-corrected chi connectivity index (χ3v) is 17.0. The zero-order valence-electron chi connectivity index (χ0n) is 32.1. The minimum absolute atomic E-state index is 0.570. The summed E-state index contributed by atoms with van der Waals surface area (Å²) in [4.78, 5) is 0. The summed E-state index contributed by atoms with van der Waals surface area (Å²) in [5.41, 5.74) is 1.17. The molecule has 0 spiro atoms. The van der Waals surface area contributed by atoms with Gasteiger partial charge in [0.05, 0.1) is 0 Å². The minimum Gasteiger partial charge on any atom is -0.0625 e. The van der Waals surface area contributed by atoms with E-state index in [1.54, 1.807) is 89.9 Å². The number of hydrogen-bond donors (Lipinski definition) is 0. The second kappa shape index (κ2) is 16.3. The van der Waals surface area contributed by atoms with Gasteiger partial charge in [-0.25, -0.2) is 0 Å². The third-order valence-electron chi connectivity index (χ3n) is 17.0. The molecule has 0 N–H and O–H groups in total. The highest BCUT2D eigenvalue weighted by atomic mass is 14.6. The Balaban J connectivity index is 1.32. The van der Waals surface area contributed by atoms with Crippen molar-refractivity contribution in [2.24, 2.45) is 75.9 Å². The van der Waals surface area contributed by atoms with Crippen LogP contribution in [0, 0.1) is 75.9 Å². The lowest BCUT2D eigenvalue weighted by Crippen LogP contribution is -2.47. The molecule has 0 bridgehead atoms. The second-order valence-electron chi connectivity index (χ2n) is 20.6. The third kappa shape index (κ3) is 8.65. The summed E-state index contributed by atoms with van der Waals surface area (Å²) < 4.78 is 0. The van der Waals surface area contributed by atoms with Crippen LogP contribution in [0.4, 0.5) is 0 Å². The summed E-state index contributed by atoms with van der Waals surface area (Å²) in [6.45, 7) is 13.7. The van der Waals surface area contributed by atoms with Crippen molar-refractivity contribution in [2.75, 3.05) is 0 Å². The highest BCUT2D eigenvalue weighted by Crippen LogP contribution is 2.60. The van der Waals surface area contributed by atoms with Gasteiger partial charge >= 0.3 is 0 Å². The maximum Gasteiger partial charge on any atom is -0.0290 e. The molecule has 9 unspecified atom stereocenters. The van der Waals surface area contributed by atoms with Gasteiger partial charge in [-0.2, -0.15) is 0 Å². The Morgan fingerprint density at radius 2 is 1.11 bits per heavy atom. The van der Waals surface area contributed by atoms with Crippen LogP contribution >= 0.6 is 0 Å². The average Bonchev–Trinajstić information content (AvgIpc) is 3.06. The molecule has 9 atom stereocenters. The Morgan fingerprint density at radius 3 is 1.78 bits per heavy atom. The van der Waals surface area contributed by atoms with Crippen LogP contribution in [0.1, 0.15) is 214 Å². The Bertz CT molecular complexity index is 870. The van der Waals surface area contributed by atoms with Gasteiger partial charge in [-0.05, 0) is 140 Å². The van der Waals surface area contributed by atoms with E-state index in [2.05, 4.69) is 34.6 Å². The predicted octanol–water partition coefficient (Wildman–Crippen LogP) is 14.8. The first-order valence-electron chi connectivity index (χ1n) is 22.2. The zero-order chi connectivity index (χ0) is 32.1. The number of fused-ring (bicyclic) bond motifs is 1. The van der Waals surface area contributed by atoms with Crippen LogP contribution in [0.5, 0.6) is 0 Å². The largest absolute Gasteiger partial charge is 0.0625 e. The van der Waals surface area contributed by atoms with Gasteiger partial charge in [0.15, 0.2) is 0 Å². The summed E-state index contributed by atoms with van der Waals surface area (Å²) in [6.07, 6.45) is 43.2. The Labute approximate surface area is 289 Å². The Kier molecular flexibility index (Phi) is 12.7. The van der Waals surface area contributed by atoms with Gasteiger partial charge in [0, 0.05) is 0 Å². The smallest absolute Gasteiger partial charge is 0.0290 e. The molecule has 0 heteroatoms. The van der Waals surface area contributed by atoms with E-state index in [0.717, 1.165) is 65.1 Å². The van der Waals surface area contributed by atoms with Crippen molar-refractivity contribution in [1.82, 2.24) is 0 Å². The van der Waals surface area contributed by atoms with E-state index in [1.165, 1.54) is 89.9 Å². The first kappa shape index (κ1) is 35.8. The minimum atomic E-state index is 0.570. The fraction of sp³-hybridized carbons (Fsp3) is 1.00. The van der Waals surface area contributed by atoms with Gasteiger partial charge in [0.1, 0.15) is 0 Å². The van der Waals surface area contributed by atoms with E-state index >= 15 is 0 Å². The Hall–Kier alpha value is 0. The molecule has 6 aliphatic rings. The van der Waals surface area contributed by atoms with E-state index in [0.29, 0.717) is 10.8 Å². The van der Waals surface area contributed by atoms with Gasteiger partial charge in [-0.3, -0.25) is 0 Å². The molecule has 0 heterocycles. The molecular formula is C46H82. The SMILES string of the molecule is CC1CC(C)CC(C)(C(CC(CC(CC(C)C2CCCCC2)C2CCCCC2)C2(C)CCCCC2)C2CCCC3CCCCC32)C1. The second-order valence-corrected chi connectivity index (χ2v) is 20.6. The lowest BCUT2D eigenvalue weighted by Gasteiger charge is -2.56. The molecule has 266 valence electrons. The molecule has 6 rings (SSSR count). The monoisotopic (exact) mass is 635 g/mol. The molecule has 0 aromatic heterocycles. The van der Waals surface area contributed by atoms with Crippen LogP contribution in [-0.4, -0.2) is 0 Å². The van der Waals surface area contributed by atoms with Gasteiger partial charge < -0.3 is 0 Å². The van der Waals surface area contributed by atoms with E-state index < -0.39 is 0 Å². The molecule has 6 saturated carbocycles. The van der Waals surface area contributed by atoms with Crippen molar-refractivity contribution in [1.29, 1.82) is 0 Å². The molecule has 0 radical (unpaired) electrons. The highest BCUT2D eigenvalue weighted by molar-refractivity contribution is 5.00. The molecule has 0 saturated heterocycles. The molecule has 0 amide bonds. The first-order valence-corrected chi connectivity index (χ1v) is 22.2. The molecular weight excluding hydrogens is 553 g/mol. The topological polar surface area (TPSA) is 0 Å². The van der Waals surface area contributed by atoms with Crippen LogP contribution in [0.2, 0.25) is 0 Å². The molecule has 46 heavy (non-hydrogen) atoms. The normalized spacial score (nSPS) is 39.2. The van der Waals surface area contributed by atoms with Crippen molar-refractivity contribution >= 4 is 0 Å². The average molecular weight is 635 g/mol. The lowest BCUT2D eigenvalue weighted by molar-refractivity contribution is -0.0589. The van der Waals surface area contributed by atoms with Crippen LogP contribution in [0.3, 0.4) is 0 Å². The summed E-state index contributed by atoms with van der Waals surface area (Å²) in [6, 6.07) is 0. The summed E-state index contributed by atoms with van der Waals surface area (Å²) >= 11 is 0. The Morgan fingerprint density at radius 1 is 0.543 bits per heavy atom. The first-order chi connectivity index (χ1) is 22.2. The van der Waals surface area contributed by atoms with Crippen LogP contribution in [0.25, 0.3) is 0 Å². The van der Waals surface area contributed by atoms with Crippen molar-refractivity contribution in [3.8, 4) is 0 Å². The molecule has 0 aromatic rings. The molecule has 0 nitrogen and oxygen atoms in total. The van der Waals surface area contributed by atoms with Crippen molar-refractivity contribution < 1.29 is 0 Å². The molecule has 6 aliphatic carbocycles. The van der Waals surface area contributed by atoms with Crippen LogP contribution in [-0.2, 0) is 0 Å². The van der Waals surface area contributed by atoms with Gasteiger partial charge in [0.25, 0.3) is 0 Å². The zero-order valence-corrected chi connectivity index (χ0v) is 32.1. The molecule has 6 fully saturated rings. The van der Waals surface area contributed by atoms with E-state index in [1.807, 2.05) is 0 Å². The van der Waals surface area contributed by atoms with E-state index in [4.69, 9.17) is 0 Å². The predicted molar refractivity (Wildman–Crippen MR) is 201 cm³/mol. The van der Waals surface area contributed by atoms with Gasteiger partial charge in [0.2, 0.25) is 0 Å². The van der Waals surface area contributed by atoms with Crippen LogP contribution in [0.15, 0.2) is 0 Å². The summed E-state index contributed by atoms with van der Waals surface area (Å²) in [5.74, 6) is 11.0. The van der Waals surface area contributed by atoms with E-state index in [-0.39, 0.29) is 0 Å². The van der Waals surface area contributed by atoms with Crippen LogP contribution < -0.4 is 0 Å². The lowest BCUT2D eigenvalue weighted by atomic mass is 9.49. The molecule has 0 aliphatic heterocycles. The standard InChI is InChI=1S/C46H82/c1-34-28-35(2)33-46(5,32-34)44(43-25-17-23-39-22-13-14-24-42(39)43)31-41(45(4)26-15-8-16-27-45)30-40(38-20-11-7-12-21-38)29-36(3)37-18-9-6-10-19-37/h34-44H,6-33H2,1-5H3. The molecule has 0 aromatic carbocycles. The summed E-state index contributed by atoms with van der Waals surface area (Å²) in [5, 5.41) is 0. The van der Waals surface area contributed by atoms with Crippen molar-refractivity contribution in [3.63, 3.8) is 0 Å². The maximum atomic E-state index is 2.88. The van der Waals surface area contributed by atoms with Crippen molar-refractivity contribution in [2.45, 2.75) is 214 Å². The fourth-order valence-corrected chi connectivity index (χ4v) is 14.9. The highest BCUT2D eigenvalue weighted by Gasteiger charge is 2.50.